The van der Waals surface area contributed by atoms with Gasteiger partial charge in [0.1, 0.15) is 5.60 Å². The monoisotopic (exact) mass is 336 g/mol. The Morgan fingerprint density at radius 3 is 2.46 bits per heavy atom. The molecule has 3 rings (SSSR count). The lowest BCUT2D eigenvalue weighted by Gasteiger charge is -2.25. The molecule has 2 aliphatic rings. The molecule has 0 N–H and O–H groups in total. The first-order valence-corrected chi connectivity index (χ1v) is 8.34. The van der Waals surface area contributed by atoms with Crippen LogP contribution >= 0.6 is 0 Å². The van der Waals surface area contributed by atoms with Crippen molar-refractivity contribution < 1.29 is 23.6 Å². The molecule has 3 atom stereocenters. The lowest BCUT2D eigenvalue weighted by atomic mass is 10.1. The first kappa shape index (κ1) is 16.8. The number of nitrogens with zero attached hydrogens (tertiary/aromatic N) is 2. The van der Waals surface area contributed by atoms with Crippen LogP contribution in [0.5, 0.6) is 0 Å². The Morgan fingerprint density at radius 2 is 1.92 bits per heavy atom. The van der Waals surface area contributed by atoms with Gasteiger partial charge in [-0.15, -0.1) is 0 Å². The normalized spacial score (nSPS) is 25.4. The predicted molar refractivity (Wildman–Crippen MR) is 84.7 cm³/mol. The van der Waals surface area contributed by atoms with E-state index >= 15 is 0 Å². The SMILES string of the molecule is CCOC(=O)c1onc(C2[C@H]3CN(C(=O)OC(C)(C)C)C[C@@H]23)c1C. The Bertz CT molecular complexity index is 648. The van der Waals surface area contributed by atoms with Crippen molar-refractivity contribution in [1.29, 1.82) is 0 Å². The predicted octanol–water partition coefficient (Wildman–Crippen LogP) is 2.74. The molecule has 0 bridgehead atoms. The van der Waals surface area contributed by atoms with Crippen molar-refractivity contribution in [3.8, 4) is 0 Å². The van der Waals surface area contributed by atoms with Crippen molar-refractivity contribution in [3.05, 3.63) is 17.0 Å². The number of esters is 1. The lowest BCUT2D eigenvalue weighted by Crippen LogP contribution is -2.36. The number of fused-ring (bicyclic) bond motifs is 1. The van der Waals surface area contributed by atoms with Crippen LogP contribution in [-0.2, 0) is 9.47 Å². The minimum absolute atomic E-state index is 0.181. The standard InChI is InChI=1S/C17H24N2O5/c1-6-22-15(20)14-9(2)13(18-24-14)12-10-7-19(8-11(10)12)16(21)23-17(3,4)5/h10-12H,6-8H2,1-5H3/t10-,11+,12?. The number of rotatable bonds is 3. The van der Waals surface area contributed by atoms with E-state index in [4.69, 9.17) is 14.0 Å². The zero-order valence-corrected chi connectivity index (χ0v) is 14.8. The smallest absolute Gasteiger partial charge is 0.410 e. The molecule has 132 valence electrons. The van der Waals surface area contributed by atoms with Crippen LogP contribution in [0.2, 0.25) is 0 Å². The zero-order chi connectivity index (χ0) is 17.6. The average Bonchev–Trinajstić information content (AvgIpc) is 2.85. The first-order valence-electron chi connectivity index (χ1n) is 8.34. The fraction of sp³-hybridized carbons (Fsp3) is 0.706. The Balaban J connectivity index is 1.62. The molecule has 1 unspecified atom stereocenters. The van der Waals surface area contributed by atoms with E-state index in [0.29, 0.717) is 31.5 Å². The Labute approximate surface area is 141 Å². The summed E-state index contributed by atoms with van der Waals surface area (Å²) in [5, 5.41) is 4.08. The average molecular weight is 336 g/mol. The van der Waals surface area contributed by atoms with Gasteiger partial charge in [0.05, 0.1) is 12.3 Å². The maximum absolute atomic E-state index is 12.1. The number of amides is 1. The van der Waals surface area contributed by atoms with Crippen LogP contribution in [0.15, 0.2) is 4.52 Å². The van der Waals surface area contributed by atoms with E-state index in [1.807, 2.05) is 27.7 Å². The van der Waals surface area contributed by atoms with Crippen LogP contribution in [0.3, 0.4) is 0 Å². The van der Waals surface area contributed by atoms with E-state index in [0.717, 1.165) is 11.3 Å². The molecule has 0 aromatic carbocycles. The summed E-state index contributed by atoms with van der Waals surface area (Å²) in [4.78, 5) is 25.7. The van der Waals surface area contributed by atoms with Gasteiger partial charge >= 0.3 is 12.1 Å². The molecular formula is C17H24N2O5. The lowest BCUT2D eigenvalue weighted by molar-refractivity contribution is 0.0270. The van der Waals surface area contributed by atoms with Gasteiger partial charge in [0.2, 0.25) is 5.76 Å². The maximum Gasteiger partial charge on any atom is 0.410 e. The Hall–Kier alpha value is -2.05. The van der Waals surface area contributed by atoms with E-state index in [-0.39, 0.29) is 17.8 Å². The number of aromatic nitrogens is 1. The highest BCUT2D eigenvalue weighted by Crippen LogP contribution is 2.58. The van der Waals surface area contributed by atoms with Gasteiger partial charge < -0.3 is 18.9 Å². The minimum atomic E-state index is -0.486. The molecule has 1 aromatic heterocycles. The molecule has 0 radical (unpaired) electrons. The highest BCUT2D eigenvalue weighted by molar-refractivity contribution is 5.88. The van der Waals surface area contributed by atoms with Gasteiger partial charge in [-0.25, -0.2) is 9.59 Å². The molecule has 24 heavy (non-hydrogen) atoms. The van der Waals surface area contributed by atoms with Crippen LogP contribution in [0.4, 0.5) is 4.79 Å². The van der Waals surface area contributed by atoms with Gasteiger partial charge in [-0.05, 0) is 46.5 Å². The molecule has 0 spiro atoms. The van der Waals surface area contributed by atoms with Crippen molar-refractivity contribution in [2.45, 2.75) is 46.1 Å². The highest BCUT2D eigenvalue weighted by Gasteiger charge is 2.59. The van der Waals surface area contributed by atoms with Gasteiger partial charge in [0.15, 0.2) is 0 Å². The Kier molecular flexibility index (Phi) is 4.05. The van der Waals surface area contributed by atoms with E-state index in [1.165, 1.54) is 0 Å². The number of piperidine rings is 1. The van der Waals surface area contributed by atoms with Crippen molar-refractivity contribution in [1.82, 2.24) is 10.1 Å². The van der Waals surface area contributed by atoms with E-state index in [9.17, 15) is 9.59 Å². The summed E-state index contributed by atoms with van der Waals surface area (Å²) in [5.41, 5.74) is 1.08. The molecule has 2 fully saturated rings. The van der Waals surface area contributed by atoms with Crippen LogP contribution in [-0.4, -0.2) is 47.4 Å². The summed E-state index contributed by atoms with van der Waals surface area (Å²) in [5.74, 6) is 0.666. The van der Waals surface area contributed by atoms with Crippen molar-refractivity contribution in [2.24, 2.45) is 11.8 Å². The second-order valence-corrected chi connectivity index (χ2v) is 7.48. The molecule has 1 saturated heterocycles. The van der Waals surface area contributed by atoms with E-state index < -0.39 is 11.6 Å². The third-order valence-corrected chi connectivity index (χ3v) is 4.58. The quantitative estimate of drug-likeness (QED) is 0.789. The maximum atomic E-state index is 12.1. The molecule has 1 aliphatic heterocycles. The van der Waals surface area contributed by atoms with E-state index in [2.05, 4.69) is 5.16 Å². The van der Waals surface area contributed by atoms with Crippen LogP contribution < -0.4 is 0 Å². The summed E-state index contributed by atoms with van der Waals surface area (Å²) in [6.45, 7) is 10.8. The first-order chi connectivity index (χ1) is 11.2. The number of hydrogen-bond acceptors (Lipinski definition) is 6. The fourth-order valence-electron chi connectivity index (χ4n) is 3.45. The van der Waals surface area contributed by atoms with E-state index in [1.54, 1.807) is 11.8 Å². The summed E-state index contributed by atoms with van der Waals surface area (Å²) in [7, 11) is 0. The zero-order valence-electron chi connectivity index (χ0n) is 14.8. The number of likely N-dealkylation sites (tertiary alicyclic amines) is 1. The second kappa shape index (κ2) is 5.79. The molecule has 1 amide bonds. The van der Waals surface area contributed by atoms with Gasteiger partial charge in [-0.2, -0.15) is 0 Å². The molecular weight excluding hydrogens is 312 g/mol. The number of ether oxygens (including phenoxy) is 2. The second-order valence-electron chi connectivity index (χ2n) is 7.48. The fourth-order valence-corrected chi connectivity index (χ4v) is 3.45. The van der Waals surface area contributed by atoms with Gasteiger partial charge in [-0.1, -0.05) is 5.16 Å². The van der Waals surface area contributed by atoms with Crippen LogP contribution in [0.25, 0.3) is 0 Å². The number of carbonyl (C=O) groups is 2. The summed E-state index contributed by atoms with van der Waals surface area (Å²) < 4.78 is 15.6. The topological polar surface area (TPSA) is 81.9 Å². The minimum Gasteiger partial charge on any atom is -0.460 e. The Morgan fingerprint density at radius 1 is 1.29 bits per heavy atom. The van der Waals surface area contributed by atoms with Crippen molar-refractivity contribution in [3.63, 3.8) is 0 Å². The van der Waals surface area contributed by atoms with Gasteiger partial charge in [0.25, 0.3) is 0 Å². The molecule has 1 aliphatic carbocycles. The summed E-state index contributed by atoms with van der Waals surface area (Å²) in [6.07, 6.45) is -0.266. The third kappa shape index (κ3) is 2.99. The third-order valence-electron chi connectivity index (χ3n) is 4.58. The molecule has 1 saturated carbocycles. The molecule has 1 aromatic rings. The highest BCUT2D eigenvalue weighted by atomic mass is 16.6. The molecule has 7 heteroatoms. The molecule has 7 nitrogen and oxygen atoms in total. The number of hydrogen-bond donors (Lipinski definition) is 0. The van der Waals surface area contributed by atoms with Gasteiger partial charge in [-0.3, -0.25) is 0 Å². The summed E-state index contributed by atoms with van der Waals surface area (Å²) in [6, 6.07) is 0. The van der Waals surface area contributed by atoms with Crippen molar-refractivity contribution in [2.75, 3.05) is 19.7 Å². The van der Waals surface area contributed by atoms with Gasteiger partial charge in [0, 0.05) is 24.6 Å². The largest absolute Gasteiger partial charge is 0.460 e. The van der Waals surface area contributed by atoms with Crippen LogP contribution in [0.1, 0.15) is 55.4 Å². The van der Waals surface area contributed by atoms with Crippen molar-refractivity contribution >= 4 is 12.1 Å². The summed E-state index contributed by atoms with van der Waals surface area (Å²) >= 11 is 0. The van der Waals surface area contributed by atoms with Crippen LogP contribution in [0, 0.1) is 18.8 Å². The number of carbonyl (C=O) groups excluding carboxylic acids is 2. The molecule has 2 heterocycles.